The fraction of sp³-hybridized carbons (Fsp3) is 0.333. The van der Waals surface area contributed by atoms with Crippen molar-refractivity contribution in [2.75, 3.05) is 17.7 Å². The minimum atomic E-state index is -0.222. The molecule has 0 aliphatic rings. The first-order chi connectivity index (χ1) is 9.74. The molecule has 4 nitrogen and oxygen atoms in total. The van der Waals surface area contributed by atoms with Crippen LogP contribution in [0.1, 0.15) is 24.5 Å². The fourth-order valence-corrected chi connectivity index (χ4v) is 2.05. The van der Waals surface area contributed by atoms with Crippen LogP contribution < -0.4 is 10.6 Å². The van der Waals surface area contributed by atoms with Crippen LogP contribution in [-0.4, -0.2) is 17.0 Å². The molecule has 106 valence electrons. The van der Waals surface area contributed by atoms with Gasteiger partial charge in [-0.2, -0.15) is 0 Å². The van der Waals surface area contributed by atoms with Crippen molar-refractivity contribution in [3.05, 3.63) is 47.5 Å². The highest BCUT2D eigenvalue weighted by atomic mass is 19.1. The quantitative estimate of drug-likeness (QED) is 0.849. The Hall–Kier alpha value is -2.17. The number of benzene rings is 1. The first kappa shape index (κ1) is 14.2. The van der Waals surface area contributed by atoms with Gasteiger partial charge >= 0.3 is 0 Å². The highest BCUT2D eigenvalue weighted by Crippen LogP contribution is 2.21. The molecule has 0 atom stereocenters. The Morgan fingerprint density at radius 2 is 1.80 bits per heavy atom. The average molecular weight is 274 g/mol. The molecular formula is C15H19FN4. The number of nitrogens with one attached hydrogen (secondary N) is 2. The van der Waals surface area contributed by atoms with E-state index in [0.717, 1.165) is 35.6 Å². The van der Waals surface area contributed by atoms with E-state index in [9.17, 15) is 4.39 Å². The van der Waals surface area contributed by atoms with Crippen molar-refractivity contribution in [3.63, 3.8) is 0 Å². The molecule has 1 aromatic carbocycles. The summed E-state index contributed by atoms with van der Waals surface area (Å²) in [6, 6.07) is 6.45. The van der Waals surface area contributed by atoms with E-state index in [1.807, 2.05) is 7.05 Å². The first-order valence-corrected chi connectivity index (χ1v) is 6.74. The van der Waals surface area contributed by atoms with E-state index >= 15 is 0 Å². The summed E-state index contributed by atoms with van der Waals surface area (Å²) < 4.78 is 12.9. The molecule has 0 bridgehead atoms. The molecule has 20 heavy (non-hydrogen) atoms. The van der Waals surface area contributed by atoms with Gasteiger partial charge in [0.1, 0.15) is 23.8 Å². The third kappa shape index (κ3) is 3.44. The lowest BCUT2D eigenvalue weighted by molar-refractivity contribution is 0.627. The Balaban J connectivity index is 2.14. The summed E-state index contributed by atoms with van der Waals surface area (Å²) in [5.74, 6) is 1.46. The van der Waals surface area contributed by atoms with Crippen molar-refractivity contribution in [3.8, 4) is 0 Å². The Kier molecular flexibility index (Phi) is 4.87. The third-order valence-corrected chi connectivity index (χ3v) is 3.06. The average Bonchev–Trinajstić information content (AvgIpc) is 2.48. The van der Waals surface area contributed by atoms with Crippen LogP contribution >= 0.6 is 0 Å². The molecule has 0 saturated carbocycles. The van der Waals surface area contributed by atoms with Crippen LogP contribution in [0.5, 0.6) is 0 Å². The van der Waals surface area contributed by atoms with E-state index in [1.54, 1.807) is 12.1 Å². The zero-order chi connectivity index (χ0) is 14.4. The monoisotopic (exact) mass is 274 g/mol. The van der Waals surface area contributed by atoms with E-state index in [4.69, 9.17) is 0 Å². The van der Waals surface area contributed by atoms with Crippen LogP contribution in [0.15, 0.2) is 30.6 Å². The van der Waals surface area contributed by atoms with Gasteiger partial charge in [-0.25, -0.2) is 14.4 Å². The van der Waals surface area contributed by atoms with Gasteiger partial charge in [-0.15, -0.1) is 0 Å². The predicted octanol–water partition coefficient (Wildman–Crippen LogP) is 3.22. The molecule has 1 aromatic heterocycles. The standard InChI is InChI=1S/C15H19FN4/c1-3-4-13-14(17-2)19-10-20-15(13)18-9-11-5-7-12(16)8-6-11/h5-8,10H,3-4,9H2,1-2H3,(H2,17,18,19,20). The number of anilines is 2. The zero-order valence-electron chi connectivity index (χ0n) is 11.8. The molecular weight excluding hydrogens is 255 g/mol. The smallest absolute Gasteiger partial charge is 0.134 e. The molecule has 2 N–H and O–H groups in total. The molecule has 1 heterocycles. The van der Waals surface area contributed by atoms with Crippen molar-refractivity contribution in [2.45, 2.75) is 26.3 Å². The molecule has 0 aliphatic carbocycles. The second-order valence-electron chi connectivity index (χ2n) is 4.53. The summed E-state index contributed by atoms with van der Waals surface area (Å²) in [6.07, 6.45) is 3.47. The van der Waals surface area contributed by atoms with Gasteiger partial charge in [0.2, 0.25) is 0 Å². The summed E-state index contributed by atoms with van der Waals surface area (Å²) in [5.41, 5.74) is 2.10. The van der Waals surface area contributed by atoms with Crippen molar-refractivity contribution in [1.82, 2.24) is 9.97 Å². The SMILES string of the molecule is CCCc1c(NC)ncnc1NCc1ccc(F)cc1. The molecule has 0 radical (unpaired) electrons. The second kappa shape index (κ2) is 6.84. The summed E-state index contributed by atoms with van der Waals surface area (Å²) in [5, 5.41) is 6.38. The van der Waals surface area contributed by atoms with Gasteiger partial charge < -0.3 is 10.6 Å². The number of nitrogens with zero attached hydrogens (tertiary/aromatic N) is 2. The Morgan fingerprint density at radius 3 is 2.45 bits per heavy atom. The fourth-order valence-electron chi connectivity index (χ4n) is 2.05. The third-order valence-electron chi connectivity index (χ3n) is 3.06. The maximum Gasteiger partial charge on any atom is 0.134 e. The number of aromatic nitrogens is 2. The second-order valence-corrected chi connectivity index (χ2v) is 4.53. The Labute approximate surface area is 118 Å². The summed E-state index contributed by atoms with van der Waals surface area (Å²) in [7, 11) is 1.85. The van der Waals surface area contributed by atoms with E-state index in [-0.39, 0.29) is 5.82 Å². The zero-order valence-corrected chi connectivity index (χ0v) is 11.8. The topological polar surface area (TPSA) is 49.8 Å². The normalized spacial score (nSPS) is 10.3. The Bertz CT molecular complexity index is 554. The minimum Gasteiger partial charge on any atom is -0.373 e. The molecule has 0 spiro atoms. The maximum absolute atomic E-state index is 12.9. The van der Waals surface area contributed by atoms with Crippen molar-refractivity contribution < 1.29 is 4.39 Å². The van der Waals surface area contributed by atoms with Gasteiger partial charge in [-0.1, -0.05) is 25.5 Å². The van der Waals surface area contributed by atoms with Crippen LogP contribution in [0.3, 0.4) is 0 Å². The van der Waals surface area contributed by atoms with Crippen LogP contribution in [0.4, 0.5) is 16.0 Å². The molecule has 2 rings (SSSR count). The van der Waals surface area contributed by atoms with E-state index < -0.39 is 0 Å². The van der Waals surface area contributed by atoms with Gasteiger partial charge in [0.05, 0.1) is 0 Å². The van der Waals surface area contributed by atoms with Crippen molar-refractivity contribution >= 4 is 11.6 Å². The lowest BCUT2D eigenvalue weighted by Crippen LogP contribution is -2.08. The number of hydrogen-bond donors (Lipinski definition) is 2. The highest BCUT2D eigenvalue weighted by Gasteiger charge is 2.09. The van der Waals surface area contributed by atoms with Crippen LogP contribution in [0.2, 0.25) is 0 Å². The number of rotatable bonds is 6. The molecule has 5 heteroatoms. The largest absolute Gasteiger partial charge is 0.373 e. The van der Waals surface area contributed by atoms with Gasteiger partial charge in [0.15, 0.2) is 0 Å². The molecule has 0 aliphatic heterocycles. The summed E-state index contributed by atoms with van der Waals surface area (Å²) in [6.45, 7) is 2.73. The lowest BCUT2D eigenvalue weighted by atomic mass is 10.1. The van der Waals surface area contributed by atoms with Gasteiger partial charge in [-0.3, -0.25) is 0 Å². The van der Waals surface area contributed by atoms with E-state index in [0.29, 0.717) is 6.54 Å². The molecule has 0 fully saturated rings. The van der Waals surface area contributed by atoms with Gasteiger partial charge in [0.25, 0.3) is 0 Å². The van der Waals surface area contributed by atoms with Crippen LogP contribution in [-0.2, 0) is 13.0 Å². The van der Waals surface area contributed by atoms with Crippen molar-refractivity contribution in [2.24, 2.45) is 0 Å². The molecule has 2 aromatic rings. The lowest BCUT2D eigenvalue weighted by Gasteiger charge is -2.13. The van der Waals surface area contributed by atoms with Crippen molar-refractivity contribution in [1.29, 1.82) is 0 Å². The van der Waals surface area contributed by atoms with Crippen LogP contribution in [0, 0.1) is 5.82 Å². The first-order valence-electron chi connectivity index (χ1n) is 6.74. The Morgan fingerprint density at radius 1 is 1.10 bits per heavy atom. The predicted molar refractivity (Wildman–Crippen MR) is 79.3 cm³/mol. The minimum absolute atomic E-state index is 0.222. The molecule has 0 amide bonds. The number of hydrogen-bond acceptors (Lipinski definition) is 4. The maximum atomic E-state index is 12.9. The number of halogens is 1. The molecule has 0 unspecified atom stereocenters. The van der Waals surface area contributed by atoms with Crippen LogP contribution in [0.25, 0.3) is 0 Å². The van der Waals surface area contributed by atoms with Gasteiger partial charge in [-0.05, 0) is 24.1 Å². The molecule has 0 saturated heterocycles. The van der Waals surface area contributed by atoms with Gasteiger partial charge in [0, 0.05) is 19.2 Å². The highest BCUT2D eigenvalue weighted by molar-refractivity contribution is 5.57. The summed E-state index contributed by atoms with van der Waals surface area (Å²) in [4.78, 5) is 8.53. The van der Waals surface area contributed by atoms with E-state index in [2.05, 4.69) is 27.5 Å². The summed E-state index contributed by atoms with van der Waals surface area (Å²) >= 11 is 0. The van der Waals surface area contributed by atoms with E-state index in [1.165, 1.54) is 18.5 Å².